The Morgan fingerprint density at radius 2 is 2.00 bits per heavy atom. The lowest BCUT2D eigenvalue weighted by Gasteiger charge is -2.43. The van der Waals surface area contributed by atoms with E-state index in [2.05, 4.69) is 16.3 Å². The number of nitrogens with one attached hydrogen (secondary N) is 1. The molecule has 0 spiro atoms. The van der Waals surface area contributed by atoms with Gasteiger partial charge in [0, 0.05) is 32.2 Å². The molecule has 2 aliphatic rings. The molecular weight excluding hydrogens is 239 g/mol. The van der Waals surface area contributed by atoms with E-state index >= 15 is 0 Å². The van der Waals surface area contributed by atoms with Crippen LogP contribution in [0.1, 0.15) is 36.4 Å². The smallest absolute Gasteiger partial charge is 0.126 e. The summed E-state index contributed by atoms with van der Waals surface area (Å²) in [5.74, 6) is 0.664. The van der Waals surface area contributed by atoms with Crippen molar-refractivity contribution in [3.8, 4) is 0 Å². The predicted octanol–water partition coefficient (Wildman–Crippen LogP) is 2.88. The lowest BCUT2D eigenvalue weighted by atomic mass is 9.76. The van der Waals surface area contributed by atoms with Gasteiger partial charge in [-0.1, -0.05) is 18.6 Å². The summed E-state index contributed by atoms with van der Waals surface area (Å²) in [5, 5.41) is 3.40. The van der Waals surface area contributed by atoms with Crippen molar-refractivity contribution in [1.82, 2.24) is 10.2 Å². The molecule has 1 aromatic carbocycles. The topological polar surface area (TPSA) is 15.3 Å². The van der Waals surface area contributed by atoms with Crippen LogP contribution in [0.3, 0.4) is 0 Å². The van der Waals surface area contributed by atoms with Crippen molar-refractivity contribution < 1.29 is 4.39 Å². The molecule has 1 atom stereocenters. The summed E-state index contributed by atoms with van der Waals surface area (Å²) in [4.78, 5) is 2.55. The molecule has 0 unspecified atom stereocenters. The molecule has 1 aromatic rings. The lowest BCUT2D eigenvalue weighted by Crippen LogP contribution is -2.47. The highest BCUT2D eigenvalue weighted by Gasteiger charge is 2.33. The fourth-order valence-corrected chi connectivity index (χ4v) is 3.29. The van der Waals surface area contributed by atoms with Crippen molar-refractivity contribution >= 4 is 0 Å². The molecule has 0 bridgehead atoms. The molecule has 1 aliphatic heterocycles. The molecule has 0 amide bonds. The van der Waals surface area contributed by atoms with E-state index in [4.69, 9.17) is 0 Å². The second kappa shape index (κ2) is 5.59. The van der Waals surface area contributed by atoms with Crippen LogP contribution in [0.4, 0.5) is 4.39 Å². The molecule has 1 heterocycles. The predicted molar refractivity (Wildman–Crippen MR) is 75.7 cm³/mol. The van der Waals surface area contributed by atoms with Gasteiger partial charge in [0.15, 0.2) is 0 Å². The molecule has 19 heavy (non-hydrogen) atoms. The number of aryl methyl sites for hydroxylation is 1. The summed E-state index contributed by atoms with van der Waals surface area (Å²) in [7, 11) is 0. The van der Waals surface area contributed by atoms with E-state index in [-0.39, 0.29) is 5.82 Å². The minimum absolute atomic E-state index is 0.0584. The van der Waals surface area contributed by atoms with E-state index in [0.717, 1.165) is 37.7 Å². The van der Waals surface area contributed by atoms with Gasteiger partial charge >= 0.3 is 0 Å². The second-order valence-electron chi connectivity index (χ2n) is 5.93. The first-order valence-corrected chi connectivity index (χ1v) is 7.46. The zero-order valence-electron chi connectivity index (χ0n) is 11.7. The van der Waals surface area contributed by atoms with Gasteiger partial charge in [0.05, 0.1) is 0 Å². The van der Waals surface area contributed by atoms with E-state index in [1.807, 2.05) is 13.0 Å². The number of halogens is 1. The van der Waals surface area contributed by atoms with Crippen LogP contribution in [0.2, 0.25) is 0 Å². The van der Waals surface area contributed by atoms with Gasteiger partial charge in [-0.2, -0.15) is 0 Å². The number of nitrogens with zero attached hydrogens (tertiary/aromatic N) is 1. The molecule has 2 fully saturated rings. The van der Waals surface area contributed by atoms with Gasteiger partial charge in [0.25, 0.3) is 0 Å². The van der Waals surface area contributed by atoms with Gasteiger partial charge in [-0.25, -0.2) is 4.39 Å². The Morgan fingerprint density at radius 3 is 2.58 bits per heavy atom. The first-order valence-electron chi connectivity index (χ1n) is 7.46. The third-order valence-electron chi connectivity index (χ3n) is 4.68. The normalized spacial score (nSPS) is 23.1. The number of benzene rings is 1. The lowest BCUT2D eigenvalue weighted by molar-refractivity contribution is 0.0835. The van der Waals surface area contributed by atoms with Gasteiger partial charge in [0.2, 0.25) is 0 Å². The molecule has 1 saturated carbocycles. The third kappa shape index (κ3) is 2.67. The van der Waals surface area contributed by atoms with E-state index in [1.54, 1.807) is 6.07 Å². The quantitative estimate of drug-likeness (QED) is 0.901. The summed E-state index contributed by atoms with van der Waals surface area (Å²) in [6, 6.07) is 6.24. The minimum Gasteiger partial charge on any atom is -0.314 e. The number of hydrogen-bond acceptors (Lipinski definition) is 2. The molecule has 1 N–H and O–H groups in total. The second-order valence-corrected chi connectivity index (χ2v) is 5.93. The first kappa shape index (κ1) is 13.1. The Labute approximate surface area is 115 Å². The molecule has 104 valence electrons. The number of hydrogen-bond donors (Lipinski definition) is 1. The van der Waals surface area contributed by atoms with Gasteiger partial charge < -0.3 is 5.32 Å². The van der Waals surface area contributed by atoms with Crippen LogP contribution >= 0.6 is 0 Å². The van der Waals surface area contributed by atoms with E-state index < -0.39 is 0 Å². The fraction of sp³-hybridized carbons (Fsp3) is 0.625. The van der Waals surface area contributed by atoms with Crippen LogP contribution in [-0.4, -0.2) is 31.1 Å². The Bertz CT molecular complexity index is 436. The molecule has 0 aromatic heterocycles. The van der Waals surface area contributed by atoms with Crippen molar-refractivity contribution in [3.05, 3.63) is 35.1 Å². The number of rotatable bonds is 3. The summed E-state index contributed by atoms with van der Waals surface area (Å²) in [6.45, 7) is 6.10. The minimum atomic E-state index is -0.0584. The third-order valence-corrected chi connectivity index (χ3v) is 4.68. The SMILES string of the molecule is Cc1ccc([C@H](C2CCC2)N2CCNCC2)cc1F. The summed E-state index contributed by atoms with van der Waals surface area (Å²) >= 11 is 0. The standard InChI is InChI=1S/C16H23FN2/c1-12-5-6-14(11-15(12)17)16(13-3-2-4-13)19-9-7-18-8-10-19/h5-6,11,13,16,18H,2-4,7-10H2,1H3/t16-/m0/s1. The Balaban J connectivity index is 1.86. The van der Waals surface area contributed by atoms with Crippen molar-refractivity contribution in [3.63, 3.8) is 0 Å². The maximum absolute atomic E-state index is 13.9. The van der Waals surface area contributed by atoms with E-state index in [0.29, 0.717) is 6.04 Å². The van der Waals surface area contributed by atoms with Crippen molar-refractivity contribution in [1.29, 1.82) is 0 Å². The van der Waals surface area contributed by atoms with E-state index in [1.165, 1.54) is 24.8 Å². The van der Waals surface area contributed by atoms with Crippen LogP contribution in [-0.2, 0) is 0 Å². The highest BCUT2D eigenvalue weighted by molar-refractivity contribution is 5.27. The average molecular weight is 262 g/mol. The van der Waals surface area contributed by atoms with Crippen molar-refractivity contribution in [2.45, 2.75) is 32.2 Å². The van der Waals surface area contributed by atoms with Crippen LogP contribution in [0.5, 0.6) is 0 Å². The fourth-order valence-electron chi connectivity index (χ4n) is 3.29. The Kier molecular flexibility index (Phi) is 3.85. The van der Waals surface area contributed by atoms with Gasteiger partial charge in [0.1, 0.15) is 5.82 Å². The summed E-state index contributed by atoms with van der Waals surface area (Å²) in [6.07, 6.45) is 3.93. The Morgan fingerprint density at radius 1 is 1.26 bits per heavy atom. The monoisotopic (exact) mass is 262 g/mol. The average Bonchev–Trinajstić information content (AvgIpc) is 2.38. The van der Waals surface area contributed by atoms with Crippen molar-refractivity contribution in [2.75, 3.05) is 26.2 Å². The maximum Gasteiger partial charge on any atom is 0.126 e. The maximum atomic E-state index is 13.9. The zero-order valence-corrected chi connectivity index (χ0v) is 11.7. The van der Waals surface area contributed by atoms with Crippen LogP contribution in [0, 0.1) is 18.7 Å². The summed E-state index contributed by atoms with van der Waals surface area (Å²) < 4.78 is 13.9. The molecule has 1 aliphatic carbocycles. The summed E-state index contributed by atoms with van der Waals surface area (Å²) in [5.41, 5.74) is 1.92. The van der Waals surface area contributed by atoms with Crippen molar-refractivity contribution in [2.24, 2.45) is 5.92 Å². The molecule has 3 heteroatoms. The van der Waals surface area contributed by atoms with E-state index in [9.17, 15) is 4.39 Å². The van der Waals surface area contributed by atoms with Gasteiger partial charge in [-0.05, 0) is 42.9 Å². The highest BCUT2D eigenvalue weighted by Crippen LogP contribution is 2.41. The first-order chi connectivity index (χ1) is 9.25. The molecule has 1 saturated heterocycles. The molecule has 3 rings (SSSR count). The van der Waals surface area contributed by atoms with Gasteiger partial charge in [-0.15, -0.1) is 0 Å². The Hall–Kier alpha value is -0.930. The number of piperazine rings is 1. The molecular formula is C16H23FN2. The largest absolute Gasteiger partial charge is 0.314 e. The zero-order chi connectivity index (χ0) is 13.2. The van der Waals surface area contributed by atoms with Crippen LogP contribution < -0.4 is 5.32 Å². The van der Waals surface area contributed by atoms with Gasteiger partial charge in [-0.3, -0.25) is 4.90 Å². The molecule has 2 nitrogen and oxygen atoms in total. The van der Waals surface area contributed by atoms with Crippen LogP contribution in [0.25, 0.3) is 0 Å². The highest BCUT2D eigenvalue weighted by atomic mass is 19.1. The molecule has 0 radical (unpaired) electrons. The van der Waals surface area contributed by atoms with Crippen LogP contribution in [0.15, 0.2) is 18.2 Å².